The van der Waals surface area contributed by atoms with Gasteiger partial charge in [-0.1, -0.05) is 0 Å². The molecule has 2 aromatic carbocycles. The summed E-state index contributed by atoms with van der Waals surface area (Å²) in [5.74, 6) is 2.09. The van der Waals surface area contributed by atoms with Crippen molar-refractivity contribution < 1.29 is 33.2 Å². The molecule has 38 heavy (non-hydrogen) atoms. The Morgan fingerprint density at radius 2 is 1.58 bits per heavy atom. The molecule has 0 unspecified atom stereocenters. The summed E-state index contributed by atoms with van der Waals surface area (Å²) >= 11 is 0. The van der Waals surface area contributed by atoms with Crippen molar-refractivity contribution in [2.24, 2.45) is 5.10 Å². The van der Waals surface area contributed by atoms with Gasteiger partial charge in [-0.25, -0.2) is 5.01 Å². The van der Waals surface area contributed by atoms with E-state index in [1.54, 1.807) is 33.4 Å². The minimum atomic E-state index is -0.486. The van der Waals surface area contributed by atoms with Crippen molar-refractivity contribution in [3.05, 3.63) is 47.5 Å². The molecule has 10 nitrogen and oxygen atoms in total. The number of carbonyl (C=O) groups is 1. The number of hydrazone groups is 1. The molecule has 1 atom stereocenters. The second-order valence-electron chi connectivity index (χ2n) is 9.56. The number of likely N-dealkylation sites (tertiary alicyclic amines) is 1. The number of benzene rings is 2. The zero-order valence-corrected chi connectivity index (χ0v) is 22.4. The van der Waals surface area contributed by atoms with Crippen molar-refractivity contribution >= 4 is 11.6 Å². The summed E-state index contributed by atoms with van der Waals surface area (Å²) in [6.45, 7) is 2.94. The SMILES string of the molecule is COc1ccc(C2=NN(C(=O)CN3CCC4(CC3)OCCO4)[C@H](c3cc(OC)ccc3OC)C2)c(OC)c1. The third kappa shape index (κ3) is 5.16. The standard InChI is InChI=1S/C28H35N3O7/c1-33-19-6-8-25(35-3)22(15-19)24-17-23(21-7-5-20(34-2)16-26(21)36-4)29-31(24)27(32)18-30-11-9-28(10-12-30)37-13-14-38-28/h5-8,15-16,24H,9-14,17-18H2,1-4H3/t24-/m0/s1. The Hall–Kier alpha value is -3.34. The highest BCUT2D eigenvalue weighted by atomic mass is 16.7. The van der Waals surface area contributed by atoms with E-state index in [1.807, 2.05) is 36.4 Å². The topological polar surface area (TPSA) is 91.3 Å². The van der Waals surface area contributed by atoms with Gasteiger partial charge in [0, 0.05) is 49.5 Å². The molecule has 204 valence electrons. The zero-order chi connectivity index (χ0) is 26.7. The molecule has 2 fully saturated rings. The molecule has 1 spiro atoms. The van der Waals surface area contributed by atoms with Gasteiger partial charge in [0.05, 0.1) is 60.0 Å². The maximum absolute atomic E-state index is 13.8. The lowest BCUT2D eigenvalue weighted by Crippen LogP contribution is -2.48. The van der Waals surface area contributed by atoms with Crippen LogP contribution >= 0.6 is 0 Å². The molecule has 2 aromatic rings. The van der Waals surface area contributed by atoms with Crippen molar-refractivity contribution in [2.75, 3.05) is 61.3 Å². The molecular formula is C28H35N3O7. The monoisotopic (exact) mass is 525 g/mol. The van der Waals surface area contributed by atoms with E-state index in [1.165, 1.54) is 0 Å². The van der Waals surface area contributed by atoms with Crippen LogP contribution in [0.25, 0.3) is 0 Å². The quantitative estimate of drug-likeness (QED) is 0.519. The summed E-state index contributed by atoms with van der Waals surface area (Å²) in [4.78, 5) is 15.9. The van der Waals surface area contributed by atoms with Crippen molar-refractivity contribution in [1.82, 2.24) is 9.91 Å². The molecule has 3 heterocycles. The predicted molar refractivity (Wildman–Crippen MR) is 140 cm³/mol. The Bertz CT molecular complexity index is 1180. The molecule has 1 amide bonds. The Kier molecular flexibility index (Phi) is 7.73. The number of amides is 1. The van der Waals surface area contributed by atoms with Crippen molar-refractivity contribution in [1.29, 1.82) is 0 Å². The number of piperidine rings is 1. The zero-order valence-electron chi connectivity index (χ0n) is 22.4. The third-order valence-corrected chi connectivity index (χ3v) is 7.47. The highest BCUT2D eigenvalue weighted by molar-refractivity contribution is 6.05. The van der Waals surface area contributed by atoms with Gasteiger partial charge in [0.1, 0.15) is 23.0 Å². The lowest BCUT2D eigenvalue weighted by atomic mass is 9.96. The number of ether oxygens (including phenoxy) is 6. The fraction of sp³-hybridized carbons (Fsp3) is 0.500. The Morgan fingerprint density at radius 1 is 0.921 bits per heavy atom. The summed E-state index contributed by atoms with van der Waals surface area (Å²) in [5, 5.41) is 6.44. The van der Waals surface area contributed by atoms with Crippen LogP contribution in [0.15, 0.2) is 41.5 Å². The predicted octanol–water partition coefficient (Wildman–Crippen LogP) is 3.24. The van der Waals surface area contributed by atoms with Gasteiger partial charge < -0.3 is 28.4 Å². The molecule has 3 aliphatic rings. The molecule has 0 aliphatic carbocycles. The summed E-state index contributed by atoms with van der Waals surface area (Å²) in [7, 11) is 6.46. The summed E-state index contributed by atoms with van der Waals surface area (Å²) in [6.07, 6.45) is 1.97. The second kappa shape index (κ2) is 11.2. The second-order valence-corrected chi connectivity index (χ2v) is 9.56. The summed E-state index contributed by atoms with van der Waals surface area (Å²) < 4.78 is 33.9. The van der Waals surface area contributed by atoms with E-state index < -0.39 is 5.79 Å². The van der Waals surface area contributed by atoms with Gasteiger partial charge in [0.2, 0.25) is 0 Å². The highest BCUT2D eigenvalue weighted by Gasteiger charge is 2.41. The minimum absolute atomic E-state index is 0.0911. The molecule has 0 aromatic heterocycles. The van der Waals surface area contributed by atoms with Crippen LogP contribution in [-0.2, 0) is 14.3 Å². The molecule has 2 saturated heterocycles. The Balaban J connectivity index is 1.44. The van der Waals surface area contributed by atoms with E-state index in [-0.39, 0.29) is 18.5 Å². The molecule has 5 rings (SSSR count). The molecule has 0 N–H and O–H groups in total. The first kappa shape index (κ1) is 26.3. The largest absolute Gasteiger partial charge is 0.497 e. The average Bonchev–Trinajstić information content (AvgIpc) is 3.61. The minimum Gasteiger partial charge on any atom is -0.497 e. The molecule has 3 aliphatic heterocycles. The first-order chi connectivity index (χ1) is 18.5. The van der Waals surface area contributed by atoms with Gasteiger partial charge >= 0.3 is 0 Å². The molecule has 0 saturated carbocycles. The third-order valence-electron chi connectivity index (χ3n) is 7.47. The number of methoxy groups -OCH3 is 4. The summed E-state index contributed by atoms with van der Waals surface area (Å²) in [5.41, 5.74) is 2.39. The fourth-order valence-corrected chi connectivity index (χ4v) is 5.38. The van der Waals surface area contributed by atoms with Crippen molar-refractivity contribution in [3.8, 4) is 23.0 Å². The van der Waals surface area contributed by atoms with Crippen LogP contribution in [0.3, 0.4) is 0 Å². The van der Waals surface area contributed by atoms with Gasteiger partial charge in [-0.3, -0.25) is 9.69 Å². The number of hydrogen-bond donors (Lipinski definition) is 0. The lowest BCUT2D eigenvalue weighted by molar-refractivity contribution is -0.186. The Morgan fingerprint density at radius 3 is 2.24 bits per heavy atom. The Labute approximate surface area is 223 Å². The van der Waals surface area contributed by atoms with Gasteiger partial charge in [-0.05, 0) is 30.3 Å². The van der Waals surface area contributed by atoms with Crippen LogP contribution in [0, 0.1) is 0 Å². The number of nitrogens with zero attached hydrogens (tertiary/aromatic N) is 3. The molecular weight excluding hydrogens is 490 g/mol. The smallest absolute Gasteiger partial charge is 0.257 e. The maximum Gasteiger partial charge on any atom is 0.257 e. The van der Waals surface area contributed by atoms with E-state index in [0.29, 0.717) is 42.6 Å². The van der Waals surface area contributed by atoms with Gasteiger partial charge in [-0.15, -0.1) is 0 Å². The first-order valence-corrected chi connectivity index (χ1v) is 12.8. The van der Waals surface area contributed by atoms with E-state index in [2.05, 4.69) is 4.90 Å². The average molecular weight is 526 g/mol. The van der Waals surface area contributed by atoms with Crippen LogP contribution < -0.4 is 18.9 Å². The van der Waals surface area contributed by atoms with Crippen LogP contribution in [0.4, 0.5) is 0 Å². The van der Waals surface area contributed by atoms with E-state index in [4.69, 9.17) is 33.5 Å². The van der Waals surface area contributed by atoms with E-state index in [0.717, 1.165) is 42.8 Å². The summed E-state index contributed by atoms with van der Waals surface area (Å²) in [6, 6.07) is 10.8. The van der Waals surface area contributed by atoms with E-state index >= 15 is 0 Å². The fourth-order valence-electron chi connectivity index (χ4n) is 5.38. The maximum atomic E-state index is 13.8. The first-order valence-electron chi connectivity index (χ1n) is 12.8. The lowest BCUT2D eigenvalue weighted by Gasteiger charge is -2.37. The van der Waals surface area contributed by atoms with Crippen LogP contribution in [0.5, 0.6) is 23.0 Å². The number of hydrogen-bond acceptors (Lipinski definition) is 9. The van der Waals surface area contributed by atoms with E-state index in [9.17, 15) is 4.79 Å². The molecule has 0 bridgehead atoms. The number of carbonyl (C=O) groups excluding carboxylic acids is 1. The van der Waals surface area contributed by atoms with Gasteiger partial charge in [0.25, 0.3) is 5.91 Å². The van der Waals surface area contributed by atoms with Crippen molar-refractivity contribution in [3.63, 3.8) is 0 Å². The molecule has 0 radical (unpaired) electrons. The highest BCUT2D eigenvalue weighted by Crippen LogP contribution is 2.41. The van der Waals surface area contributed by atoms with Gasteiger partial charge in [-0.2, -0.15) is 5.10 Å². The normalized spacial score (nSPS) is 20.9. The van der Waals surface area contributed by atoms with Gasteiger partial charge in [0.15, 0.2) is 5.79 Å². The number of rotatable bonds is 8. The molecule has 10 heteroatoms. The van der Waals surface area contributed by atoms with Crippen LogP contribution in [-0.4, -0.2) is 88.6 Å². The van der Waals surface area contributed by atoms with Crippen LogP contribution in [0.2, 0.25) is 0 Å². The van der Waals surface area contributed by atoms with Crippen LogP contribution in [0.1, 0.15) is 36.4 Å². The van der Waals surface area contributed by atoms with Crippen molar-refractivity contribution in [2.45, 2.75) is 31.1 Å².